The molecule has 2 aromatic rings. The van der Waals surface area contributed by atoms with Crippen LogP contribution in [0.2, 0.25) is 0 Å². The van der Waals surface area contributed by atoms with E-state index in [9.17, 15) is 4.79 Å². The van der Waals surface area contributed by atoms with E-state index in [4.69, 9.17) is 5.41 Å². The maximum absolute atomic E-state index is 11.6. The Morgan fingerprint density at radius 1 is 1.23 bits per heavy atom. The summed E-state index contributed by atoms with van der Waals surface area (Å²) in [5.41, 5.74) is 3.81. The highest BCUT2D eigenvalue weighted by Crippen LogP contribution is 2.37. The van der Waals surface area contributed by atoms with Gasteiger partial charge in [0.2, 0.25) is 0 Å². The molecule has 1 aliphatic heterocycles. The number of hydrogen-bond acceptors (Lipinski definition) is 7. The van der Waals surface area contributed by atoms with Crippen LogP contribution in [0.15, 0.2) is 36.4 Å². The van der Waals surface area contributed by atoms with E-state index >= 15 is 0 Å². The van der Waals surface area contributed by atoms with Crippen LogP contribution in [0.4, 0.5) is 17.2 Å². The highest BCUT2D eigenvalue weighted by atomic mass is 32.2. The summed E-state index contributed by atoms with van der Waals surface area (Å²) in [5.74, 6) is 3.05. The molecule has 4 rings (SSSR count). The minimum atomic E-state index is 0.295. The van der Waals surface area contributed by atoms with Crippen molar-refractivity contribution in [2.24, 2.45) is 5.92 Å². The molecule has 7 heteroatoms. The molecular weight excluding hydrogens is 396 g/mol. The number of ether oxygens (including phenoxy) is 1. The Bertz CT molecular complexity index is 850. The number of pyridine rings is 1. The van der Waals surface area contributed by atoms with Gasteiger partial charge in [-0.25, -0.2) is 4.98 Å². The van der Waals surface area contributed by atoms with Crippen LogP contribution in [-0.4, -0.2) is 55.8 Å². The number of thioether (sulfide) groups is 1. The van der Waals surface area contributed by atoms with Crippen LogP contribution in [-0.2, 0) is 4.74 Å². The van der Waals surface area contributed by atoms with Gasteiger partial charge in [-0.05, 0) is 31.0 Å². The lowest BCUT2D eigenvalue weighted by atomic mass is 9.79. The zero-order chi connectivity index (χ0) is 21.3. The molecule has 30 heavy (non-hydrogen) atoms. The number of methoxy groups -OCH3 is 1. The van der Waals surface area contributed by atoms with E-state index in [0.717, 1.165) is 60.7 Å². The highest BCUT2D eigenvalue weighted by molar-refractivity contribution is 7.99. The van der Waals surface area contributed by atoms with Gasteiger partial charge in [-0.15, -0.1) is 0 Å². The predicted molar refractivity (Wildman–Crippen MR) is 126 cm³/mol. The number of hydrogen-bond donors (Lipinski definition) is 2. The molecule has 1 aromatic carbocycles. The van der Waals surface area contributed by atoms with Crippen LogP contribution in [0.3, 0.4) is 0 Å². The molecule has 0 unspecified atom stereocenters. The predicted octanol–water partition coefficient (Wildman–Crippen LogP) is 4.62. The van der Waals surface area contributed by atoms with Crippen molar-refractivity contribution in [3.05, 3.63) is 47.7 Å². The van der Waals surface area contributed by atoms with Crippen molar-refractivity contribution < 1.29 is 9.53 Å². The van der Waals surface area contributed by atoms with E-state index in [1.807, 2.05) is 48.2 Å². The van der Waals surface area contributed by atoms with Gasteiger partial charge in [0, 0.05) is 56.1 Å². The number of aldehydes is 1. The molecule has 0 spiro atoms. The van der Waals surface area contributed by atoms with Crippen molar-refractivity contribution in [1.82, 2.24) is 4.98 Å². The molecular formula is C23H30N4O2S. The average molecular weight is 427 g/mol. The number of nitrogens with zero attached hydrogens (tertiary/aromatic N) is 2. The molecule has 1 saturated carbocycles. The Morgan fingerprint density at radius 3 is 2.47 bits per heavy atom. The summed E-state index contributed by atoms with van der Waals surface area (Å²) >= 11 is 1.95. The molecule has 0 atom stereocenters. The largest absolute Gasteiger partial charge is 0.388 e. The summed E-state index contributed by atoms with van der Waals surface area (Å²) in [7, 11) is 3.25. The second-order valence-corrected chi connectivity index (χ2v) is 8.67. The third kappa shape index (κ3) is 5.40. The minimum absolute atomic E-state index is 0.295. The molecule has 2 heterocycles. The quantitative estimate of drug-likeness (QED) is 0.518. The Labute approximate surface area is 182 Å². The van der Waals surface area contributed by atoms with Crippen LogP contribution in [0.25, 0.3) is 0 Å². The van der Waals surface area contributed by atoms with Gasteiger partial charge in [0.25, 0.3) is 0 Å². The normalized spacial score (nSPS) is 16.1. The zero-order valence-corrected chi connectivity index (χ0v) is 18.5. The first-order chi connectivity index (χ1) is 14.7. The average Bonchev–Trinajstić information content (AvgIpc) is 2.74. The maximum atomic E-state index is 11.6. The van der Waals surface area contributed by atoms with Crippen LogP contribution in [0, 0.1) is 11.3 Å². The van der Waals surface area contributed by atoms with Gasteiger partial charge in [0.05, 0.1) is 11.3 Å². The highest BCUT2D eigenvalue weighted by Gasteiger charge is 2.30. The molecule has 1 aromatic heterocycles. The van der Waals surface area contributed by atoms with Gasteiger partial charge in [-0.3, -0.25) is 4.79 Å². The van der Waals surface area contributed by atoms with Gasteiger partial charge < -0.3 is 20.4 Å². The van der Waals surface area contributed by atoms with Crippen LogP contribution < -0.4 is 10.2 Å². The summed E-state index contributed by atoms with van der Waals surface area (Å²) in [6, 6.07) is 11.7. The second kappa shape index (κ2) is 11.1. The number of rotatable bonds is 6. The minimum Gasteiger partial charge on any atom is -0.388 e. The second-order valence-electron chi connectivity index (χ2n) is 7.45. The van der Waals surface area contributed by atoms with Gasteiger partial charge in [-0.2, -0.15) is 11.8 Å². The summed E-state index contributed by atoms with van der Waals surface area (Å²) in [6.45, 7) is 1.87. The number of benzene rings is 1. The van der Waals surface area contributed by atoms with E-state index in [1.54, 1.807) is 14.2 Å². The Hall–Kier alpha value is -2.38. The standard InChI is InChI=1S/C21H24N4OS.C2H6O/c22-20(15-5-4-6-15)19-18(25-9-11-27-12-10-25)13-17(14-26)24-21(19)23-16-7-2-1-3-8-16;1-3-2/h1-3,7-8,13-15,22H,4-6,9-12H2,(H,23,24);1-2H3. The van der Waals surface area contributed by atoms with E-state index in [0.29, 0.717) is 23.1 Å². The summed E-state index contributed by atoms with van der Waals surface area (Å²) in [4.78, 5) is 18.4. The molecule has 1 saturated heterocycles. The van der Waals surface area contributed by atoms with Gasteiger partial charge in [0.15, 0.2) is 6.29 Å². The molecule has 0 bridgehead atoms. The number of carbonyl (C=O) groups excluding carboxylic acids is 1. The lowest BCUT2D eigenvalue weighted by Crippen LogP contribution is -2.35. The molecule has 0 amide bonds. The molecule has 1 aliphatic carbocycles. The third-order valence-electron chi connectivity index (χ3n) is 5.31. The number of nitrogens with one attached hydrogen (secondary N) is 2. The Kier molecular flexibility index (Phi) is 8.28. The SMILES string of the molecule is COC.N=C(c1c(N2CCSCC2)cc(C=O)nc1Nc1ccccc1)C1CCC1. The van der Waals surface area contributed by atoms with Crippen LogP contribution in [0.1, 0.15) is 35.3 Å². The van der Waals surface area contributed by atoms with Crippen LogP contribution >= 0.6 is 11.8 Å². The van der Waals surface area contributed by atoms with Crippen molar-refractivity contribution in [1.29, 1.82) is 5.41 Å². The van der Waals surface area contributed by atoms with Crippen LogP contribution in [0.5, 0.6) is 0 Å². The van der Waals surface area contributed by atoms with Crippen molar-refractivity contribution in [3.8, 4) is 0 Å². The molecule has 160 valence electrons. The summed E-state index contributed by atoms with van der Waals surface area (Å²) in [6.07, 6.45) is 4.11. The first-order valence-electron chi connectivity index (χ1n) is 10.3. The number of carbonyl (C=O) groups is 1. The number of para-hydroxylation sites is 1. The Balaban J connectivity index is 0.000000806. The van der Waals surface area contributed by atoms with E-state index in [1.165, 1.54) is 6.42 Å². The van der Waals surface area contributed by atoms with E-state index in [-0.39, 0.29) is 0 Å². The fraction of sp³-hybridized carbons (Fsp3) is 0.435. The van der Waals surface area contributed by atoms with Gasteiger partial charge in [0.1, 0.15) is 11.5 Å². The fourth-order valence-corrected chi connectivity index (χ4v) is 4.48. The van der Waals surface area contributed by atoms with Gasteiger partial charge in [-0.1, -0.05) is 24.6 Å². The third-order valence-corrected chi connectivity index (χ3v) is 6.25. The molecule has 2 N–H and O–H groups in total. The number of aromatic nitrogens is 1. The van der Waals surface area contributed by atoms with Crippen molar-refractivity contribution in [2.45, 2.75) is 19.3 Å². The maximum Gasteiger partial charge on any atom is 0.168 e. The van der Waals surface area contributed by atoms with E-state index < -0.39 is 0 Å². The van der Waals surface area contributed by atoms with Crippen molar-refractivity contribution in [3.63, 3.8) is 0 Å². The lowest BCUT2D eigenvalue weighted by Gasteiger charge is -2.34. The van der Waals surface area contributed by atoms with Crippen molar-refractivity contribution >= 4 is 41.0 Å². The smallest absolute Gasteiger partial charge is 0.168 e. The molecule has 2 fully saturated rings. The first-order valence-corrected chi connectivity index (χ1v) is 11.5. The van der Waals surface area contributed by atoms with Gasteiger partial charge >= 0.3 is 0 Å². The van der Waals surface area contributed by atoms with E-state index in [2.05, 4.69) is 19.9 Å². The number of anilines is 3. The fourth-order valence-electron chi connectivity index (χ4n) is 3.58. The zero-order valence-electron chi connectivity index (χ0n) is 17.7. The topological polar surface area (TPSA) is 78.3 Å². The van der Waals surface area contributed by atoms with Crippen molar-refractivity contribution in [2.75, 3.05) is 49.0 Å². The summed E-state index contributed by atoms with van der Waals surface area (Å²) < 4.78 is 4.25. The summed E-state index contributed by atoms with van der Waals surface area (Å²) in [5, 5.41) is 12.2. The molecule has 6 nitrogen and oxygen atoms in total. The molecule has 2 aliphatic rings. The Morgan fingerprint density at radius 2 is 1.90 bits per heavy atom. The molecule has 0 radical (unpaired) electrons. The first kappa shape index (κ1) is 22.3. The monoisotopic (exact) mass is 426 g/mol. The lowest BCUT2D eigenvalue weighted by molar-refractivity contribution is 0.111.